The molecular formula is C19H24O4. The van der Waals surface area contributed by atoms with E-state index in [1.54, 1.807) is 6.08 Å². The van der Waals surface area contributed by atoms with E-state index >= 15 is 0 Å². The molecule has 1 heterocycles. The predicted octanol–water partition coefficient (Wildman–Crippen LogP) is 4.57. The van der Waals surface area contributed by atoms with Crippen LogP contribution < -0.4 is 0 Å². The number of carbonyl (C=O) groups excluding carboxylic acids is 1. The summed E-state index contributed by atoms with van der Waals surface area (Å²) in [6.07, 6.45) is 9.09. The maximum atomic E-state index is 12.3. The zero-order valence-corrected chi connectivity index (χ0v) is 13.5. The summed E-state index contributed by atoms with van der Waals surface area (Å²) in [7, 11) is 0. The lowest BCUT2D eigenvalue weighted by atomic mass is 10.0. The first kappa shape index (κ1) is 17.1. The number of esters is 1. The SMILES string of the molecule is C=C1CCC/C=C/c2cc(O)c(O)cc2C(=O)O[C@@H](C)CCC1. The summed E-state index contributed by atoms with van der Waals surface area (Å²) in [5.74, 6) is -1.05. The first-order chi connectivity index (χ1) is 11.0. The number of allylic oxidation sites excluding steroid dienone is 2. The van der Waals surface area contributed by atoms with Crippen molar-refractivity contribution in [2.45, 2.75) is 51.6 Å². The van der Waals surface area contributed by atoms with Gasteiger partial charge in [-0.25, -0.2) is 4.79 Å². The zero-order chi connectivity index (χ0) is 16.8. The maximum absolute atomic E-state index is 12.3. The van der Waals surface area contributed by atoms with Crippen molar-refractivity contribution in [1.29, 1.82) is 0 Å². The molecule has 0 saturated carbocycles. The Kier molecular flexibility index (Phi) is 5.85. The van der Waals surface area contributed by atoms with Crippen LogP contribution in [0.3, 0.4) is 0 Å². The van der Waals surface area contributed by atoms with E-state index in [1.165, 1.54) is 17.7 Å². The molecule has 0 radical (unpaired) electrons. The number of hydrogen-bond donors (Lipinski definition) is 2. The van der Waals surface area contributed by atoms with Crippen LogP contribution in [0.5, 0.6) is 11.5 Å². The molecule has 4 nitrogen and oxygen atoms in total. The molecule has 0 spiro atoms. The topological polar surface area (TPSA) is 66.8 Å². The summed E-state index contributed by atoms with van der Waals surface area (Å²) < 4.78 is 5.46. The van der Waals surface area contributed by atoms with Crippen molar-refractivity contribution in [3.63, 3.8) is 0 Å². The second kappa shape index (κ2) is 7.86. The van der Waals surface area contributed by atoms with Crippen molar-refractivity contribution >= 4 is 12.0 Å². The van der Waals surface area contributed by atoms with E-state index in [2.05, 4.69) is 6.58 Å². The van der Waals surface area contributed by atoms with E-state index in [1.807, 2.05) is 13.0 Å². The van der Waals surface area contributed by atoms with Crippen molar-refractivity contribution < 1.29 is 19.7 Å². The van der Waals surface area contributed by atoms with Gasteiger partial charge in [-0.3, -0.25) is 0 Å². The molecule has 1 aliphatic rings. The van der Waals surface area contributed by atoms with Crippen molar-refractivity contribution in [3.05, 3.63) is 41.5 Å². The molecule has 0 fully saturated rings. The Labute approximate surface area is 137 Å². The standard InChI is InChI=1S/C19H24O4/c1-13-7-4-3-5-10-15-11-17(20)18(21)12-16(15)19(22)23-14(2)9-6-8-13/h5,10-12,14,20-21H,1,3-4,6-9H2,2H3/b10-5+/t14-/m0/s1. The predicted molar refractivity (Wildman–Crippen MR) is 90.5 cm³/mol. The number of phenols is 2. The number of carbonyl (C=O) groups is 1. The monoisotopic (exact) mass is 316 g/mol. The van der Waals surface area contributed by atoms with Crippen LogP contribution in [0.1, 0.15) is 61.4 Å². The highest BCUT2D eigenvalue weighted by Crippen LogP contribution is 2.30. The molecule has 0 aromatic heterocycles. The molecule has 0 saturated heterocycles. The number of hydrogen-bond acceptors (Lipinski definition) is 4. The van der Waals surface area contributed by atoms with Gasteiger partial charge in [-0.2, -0.15) is 0 Å². The molecule has 1 aromatic rings. The Hall–Kier alpha value is -2.23. The lowest BCUT2D eigenvalue weighted by molar-refractivity contribution is 0.0320. The third-order valence-electron chi connectivity index (χ3n) is 4.01. The lowest BCUT2D eigenvalue weighted by Gasteiger charge is -2.16. The number of aromatic hydroxyl groups is 2. The van der Waals surface area contributed by atoms with Gasteiger partial charge in [0.05, 0.1) is 11.7 Å². The van der Waals surface area contributed by atoms with E-state index in [-0.39, 0.29) is 23.2 Å². The van der Waals surface area contributed by atoms with Crippen LogP contribution in [0.2, 0.25) is 0 Å². The molecule has 1 aromatic carbocycles. The van der Waals surface area contributed by atoms with Crippen LogP contribution in [0.15, 0.2) is 30.4 Å². The molecular weight excluding hydrogens is 292 g/mol. The molecule has 2 rings (SSSR count). The van der Waals surface area contributed by atoms with Gasteiger partial charge >= 0.3 is 5.97 Å². The van der Waals surface area contributed by atoms with Gasteiger partial charge in [0, 0.05) is 0 Å². The van der Waals surface area contributed by atoms with Gasteiger partial charge in [-0.1, -0.05) is 24.3 Å². The Balaban J connectivity index is 2.29. The second-order valence-corrected chi connectivity index (χ2v) is 6.08. The average Bonchev–Trinajstić information content (AvgIpc) is 2.49. The molecule has 2 N–H and O–H groups in total. The Bertz CT molecular complexity index is 616. The van der Waals surface area contributed by atoms with Crippen LogP contribution in [0.25, 0.3) is 6.08 Å². The summed E-state index contributed by atoms with van der Waals surface area (Å²) >= 11 is 0. The molecule has 23 heavy (non-hydrogen) atoms. The normalized spacial score (nSPS) is 21.9. The number of rotatable bonds is 0. The van der Waals surface area contributed by atoms with Gasteiger partial charge in [-0.15, -0.1) is 0 Å². The number of fused-ring (bicyclic) bond motifs is 1. The second-order valence-electron chi connectivity index (χ2n) is 6.08. The van der Waals surface area contributed by atoms with Crippen molar-refractivity contribution in [2.75, 3.05) is 0 Å². The molecule has 0 amide bonds. The quantitative estimate of drug-likeness (QED) is 0.418. The molecule has 0 bridgehead atoms. The minimum atomic E-state index is -0.483. The van der Waals surface area contributed by atoms with Crippen LogP contribution in [0, 0.1) is 0 Å². The highest BCUT2D eigenvalue weighted by atomic mass is 16.5. The molecule has 0 unspecified atom stereocenters. The summed E-state index contributed by atoms with van der Waals surface area (Å²) in [5, 5.41) is 19.3. The van der Waals surface area contributed by atoms with Gasteiger partial charge in [0.2, 0.25) is 0 Å². The van der Waals surface area contributed by atoms with Crippen molar-refractivity contribution in [2.24, 2.45) is 0 Å². The first-order valence-corrected chi connectivity index (χ1v) is 8.07. The first-order valence-electron chi connectivity index (χ1n) is 8.07. The van der Waals surface area contributed by atoms with Crippen molar-refractivity contribution in [1.82, 2.24) is 0 Å². The fourth-order valence-corrected chi connectivity index (χ4v) is 2.66. The zero-order valence-electron chi connectivity index (χ0n) is 13.5. The lowest BCUT2D eigenvalue weighted by Crippen LogP contribution is -2.16. The third-order valence-corrected chi connectivity index (χ3v) is 4.01. The molecule has 1 atom stereocenters. The van der Waals surface area contributed by atoms with Crippen LogP contribution in [-0.4, -0.2) is 22.3 Å². The fraction of sp³-hybridized carbons (Fsp3) is 0.421. The molecule has 0 aliphatic carbocycles. The molecule has 124 valence electrons. The summed E-state index contributed by atoms with van der Waals surface area (Å²) in [5.41, 5.74) is 2.05. The minimum Gasteiger partial charge on any atom is -0.504 e. The van der Waals surface area contributed by atoms with E-state index in [0.29, 0.717) is 5.56 Å². The van der Waals surface area contributed by atoms with E-state index < -0.39 is 5.97 Å². The minimum absolute atomic E-state index is 0.203. The van der Waals surface area contributed by atoms with E-state index in [9.17, 15) is 15.0 Å². The average molecular weight is 316 g/mol. The van der Waals surface area contributed by atoms with Crippen molar-refractivity contribution in [3.8, 4) is 11.5 Å². The highest BCUT2D eigenvalue weighted by Gasteiger charge is 2.18. The van der Waals surface area contributed by atoms with Gasteiger partial charge in [0.1, 0.15) is 0 Å². The van der Waals surface area contributed by atoms with Crippen LogP contribution in [0.4, 0.5) is 0 Å². The maximum Gasteiger partial charge on any atom is 0.339 e. The third kappa shape index (κ3) is 4.88. The largest absolute Gasteiger partial charge is 0.504 e. The van der Waals surface area contributed by atoms with Gasteiger partial charge in [0.15, 0.2) is 11.5 Å². The van der Waals surface area contributed by atoms with Crippen LogP contribution in [-0.2, 0) is 4.74 Å². The van der Waals surface area contributed by atoms with Gasteiger partial charge in [-0.05, 0) is 63.1 Å². The molecule has 4 heteroatoms. The number of ether oxygens (including phenoxy) is 1. The fourth-order valence-electron chi connectivity index (χ4n) is 2.66. The molecule has 1 aliphatic heterocycles. The number of benzene rings is 1. The van der Waals surface area contributed by atoms with Gasteiger partial charge < -0.3 is 14.9 Å². The van der Waals surface area contributed by atoms with Crippen LogP contribution >= 0.6 is 0 Å². The summed E-state index contributed by atoms with van der Waals surface area (Å²) in [6.45, 7) is 5.95. The number of cyclic esters (lactones) is 1. The number of phenolic OH excluding ortho intramolecular Hbond substituents is 2. The Morgan fingerprint density at radius 1 is 1.17 bits per heavy atom. The Morgan fingerprint density at radius 2 is 1.87 bits per heavy atom. The Morgan fingerprint density at radius 3 is 2.65 bits per heavy atom. The van der Waals surface area contributed by atoms with Gasteiger partial charge in [0.25, 0.3) is 0 Å². The highest BCUT2D eigenvalue weighted by molar-refractivity contribution is 5.94. The van der Waals surface area contributed by atoms with E-state index in [0.717, 1.165) is 38.5 Å². The van der Waals surface area contributed by atoms with E-state index in [4.69, 9.17) is 4.74 Å². The smallest absolute Gasteiger partial charge is 0.339 e. The summed E-state index contributed by atoms with van der Waals surface area (Å²) in [6, 6.07) is 2.65. The summed E-state index contributed by atoms with van der Waals surface area (Å²) in [4.78, 5) is 12.3.